The molecule has 1 atom stereocenters. The van der Waals surface area contributed by atoms with Crippen molar-refractivity contribution in [1.82, 2.24) is 4.57 Å². The van der Waals surface area contributed by atoms with Gasteiger partial charge in [-0.15, -0.1) is 0 Å². The molecule has 0 fully saturated rings. The molecule has 3 aromatic rings. The molecule has 8 nitrogen and oxygen atoms in total. The van der Waals surface area contributed by atoms with Crippen molar-refractivity contribution in [2.75, 3.05) is 20.0 Å². The normalized spacial score (nSPS) is 16.5. The van der Waals surface area contributed by atoms with E-state index in [1.807, 2.05) is 25.1 Å². The monoisotopic (exact) mass is 648 g/mol. The van der Waals surface area contributed by atoms with Crippen molar-refractivity contribution in [3.05, 3.63) is 81.4 Å². The van der Waals surface area contributed by atoms with E-state index in [0.29, 0.717) is 50.0 Å². The van der Waals surface area contributed by atoms with E-state index in [1.54, 1.807) is 36.6 Å². The highest BCUT2D eigenvalue weighted by atomic mass is 79.9. The fraction of sp³-hybridized carbons (Fsp3) is 0.269. The van der Waals surface area contributed by atoms with Crippen molar-refractivity contribution in [3.8, 4) is 17.2 Å². The van der Waals surface area contributed by atoms with Crippen LogP contribution in [0.25, 0.3) is 6.08 Å². The van der Waals surface area contributed by atoms with E-state index in [2.05, 4.69) is 36.9 Å². The molecule has 0 aliphatic carbocycles. The van der Waals surface area contributed by atoms with Gasteiger partial charge in [-0.2, -0.15) is 0 Å². The molecule has 2 aliphatic rings. The largest absolute Gasteiger partial charge is 0.492 e. The zero-order valence-corrected chi connectivity index (χ0v) is 24.2. The van der Waals surface area contributed by atoms with Gasteiger partial charge in [0.05, 0.1) is 44.0 Å². The van der Waals surface area contributed by atoms with Crippen molar-refractivity contribution in [2.45, 2.75) is 26.8 Å². The van der Waals surface area contributed by atoms with Crippen LogP contribution in [-0.4, -0.2) is 30.5 Å². The van der Waals surface area contributed by atoms with Crippen LogP contribution >= 0.6 is 43.2 Å². The molecule has 2 aromatic carbocycles. The number of benzene rings is 2. The average Bonchev–Trinajstić information content (AvgIpc) is 3.44. The summed E-state index contributed by atoms with van der Waals surface area (Å²) in [5.41, 5.74) is 2.04. The molecular formula is C26H22Br2N2O6S. The molecular weight excluding hydrogens is 628 g/mol. The molecule has 11 heteroatoms. The minimum atomic E-state index is -0.731. The Kier molecular flexibility index (Phi) is 7.28. The number of hydrogen-bond acceptors (Lipinski definition) is 8. The minimum absolute atomic E-state index is 0.119. The second-order valence-electron chi connectivity index (χ2n) is 8.16. The maximum Gasteiger partial charge on any atom is 0.338 e. The summed E-state index contributed by atoms with van der Waals surface area (Å²) in [6.45, 7) is 6.26. The average molecular weight is 650 g/mol. The lowest BCUT2D eigenvalue weighted by Crippen LogP contribution is -2.39. The molecule has 0 spiro atoms. The summed E-state index contributed by atoms with van der Waals surface area (Å²) in [5.74, 6) is 1.35. The zero-order chi connectivity index (χ0) is 26.3. The van der Waals surface area contributed by atoms with Crippen molar-refractivity contribution < 1.29 is 23.7 Å². The highest BCUT2D eigenvalue weighted by molar-refractivity contribution is 9.11. The summed E-state index contributed by atoms with van der Waals surface area (Å²) in [7, 11) is 0. The first-order valence-corrected chi connectivity index (χ1v) is 13.9. The molecule has 0 radical (unpaired) electrons. The molecule has 0 amide bonds. The molecule has 5 rings (SSSR count). The van der Waals surface area contributed by atoms with Crippen LogP contribution in [0, 0.1) is 0 Å². The zero-order valence-electron chi connectivity index (χ0n) is 20.2. The van der Waals surface area contributed by atoms with Gasteiger partial charge in [0.2, 0.25) is 6.79 Å². The Morgan fingerprint density at radius 3 is 2.59 bits per heavy atom. The topological polar surface area (TPSA) is 88.4 Å². The first kappa shape index (κ1) is 25.7. The molecule has 3 heterocycles. The van der Waals surface area contributed by atoms with E-state index in [-0.39, 0.29) is 19.0 Å². The van der Waals surface area contributed by atoms with Gasteiger partial charge in [-0.1, -0.05) is 17.4 Å². The van der Waals surface area contributed by atoms with Crippen LogP contribution in [0.1, 0.15) is 37.9 Å². The Hall–Kier alpha value is -2.89. The van der Waals surface area contributed by atoms with Crippen molar-refractivity contribution in [1.29, 1.82) is 0 Å². The second kappa shape index (κ2) is 10.5. The van der Waals surface area contributed by atoms with Gasteiger partial charge in [-0.05, 0) is 94.1 Å². The number of thiazole rings is 1. The van der Waals surface area contributed by atoms with Crippen LogP contribution in [0.15, 0.2) is 60.3 Å². The van der Waals surface area contributed by atoms with Gasteiger partial charge in [-0.3, -0.25) is 9.36 Å². The lowest BCUT2D eigenvalue weighted by molar-refractivity contribution is -0.139. The van der Waals surface area contributed by atoms with E-state index >= 15 is 0 Å². The number of ether oxygens (including phenoxy) is 4. The molecule has 37 heavy (non-hydrogen) atoms. The summed E-state index contributed by atoms with van der Waals surface area (Å²) >= 11 is 8.35. The molecule has 0 bridgehead atoms. The van der Waals surface area contributed by atoms with Crippen molar-refractivity contribution >= 4 is 55.2 Å². The maximum atomic E-state index is 13.8. The Morgan fingerprint density at radius 2 is 1.89 bits per heavy atom. The third-order valence-electron chi connectivity index (χ3n) is 5.84. The van der Waals surface area contributed by atoms with Crippen LogP contribution in [0.3, 0.4) is 0 Å². The van der Waals surface area contributed by atoms with Gasteiger partial charge in [0.15, 0.2) is 16.3 Å². The molecule has 0 N–H and O–H groups in total. The van der Waals surface area contributed by atoms with E-state index in [0.717, 1.165) is 14.5 Å². The number of allylic oxidation sites excluding steroid dienone is 1. The number of carbonyl (C=O) groups is 1. The van der Waals surface area contributed by atoms with E-state index < -0.39 is 12.0 Å². The predicted molar refractivity (Wildman–Crippen MR) is 146 cm³/mol. The number of carbonyl (C=O) groups excluding carboxylic acids is 1. The summed E-state index contributed by atoms with van der Waals surface area (Å²) in [6.07, 6.45) is 1.80. The SMILES string of the molecule is CCOC(=O)C1=C(C)N=c2s/c(=C\c3cc(Br)c(OCC)c(Br)c3)c(=O)n2[C@H]1c1ccc2c(c1)OCO2. The number of fused-ring (bicyclic) bond motifs is 2. The van der Waals surface area contributed by atoms with Gasteiger partial charge >= 0.3 is 5.97 Å². The summed E-state index contributed by atoms with van der Waals surface area (Å²) in [4.78, 5) is 32.0. The quantitative estimate of drug-likeness (QED) is 0.367. The predicted octanol–water partition coefficient (Wildman–Crippen LogP) is 4.45. The Bertz CT molecular complexity index is 1600. The second-order valence-corrected chi connectivity index (χ2v) is 10.9. The third kappa shape index (κ3) is 4.75. The lowest BCUT2D eigenvalue weighted by atomic mass is 9.95. The first-order valence-electron chi connectivity index (χ1n) is 11.5. The molecule has 0 saturated heterocycles. The van der Waals surface area contributed by atoms with Gasteiger partial charge in [0, 0.05) is 0 Å². The van der Waals surface area contributed by atoms with E-state index in [9.17, 15) is 9.59 Å². The highest BCUT2D eigenvalue weighted by Gasteiger charge is 2.34. The summed E-state index contributed by atoms with van der Waals surface area (Å²) < 4.78 is 25.6. The van der Waals surface area contributed by atoms with Gasteiger partial charge in [0.25, 0.3) is 5.56 Å². The number of nitrogens with zero attached hydrogens (tertiary/aromatic N) is 2. The Morgan fingerprint density at radius 1 is 1.16 bits per heavy atom. The highest BCUT2D eigenvalue weighted by Crippen LogP contribution is 2.38. The molecule has 2 aliphatic heterocycles. The van der Waals surface area contributed by atoms with Crippen LogP contribution in [0.5, 0.6) is 17.2 Å². The Balaban J connectivity index is 1.69. The number of rotatable bonds is 6. The fourth-order valence-corrected chi connectivity index (χ4v) is 6.78. The van der Waals surface area contributed by atoms with Crippen LogP contribution in [0.4, 0.5) is 0 Å². The maximum absolute atomic E-state index is 13.8. The smallest absolute Gasteiger partial charge is 0.338 e. The summed E-state index contributed by atoms with van der Waals surface area (Å²) in [5, 5.41) is 0. The van der Waals surface area contributed by atoms with Gasteiger partial charge in [-0.25, -0.2) is 9.79 Å². The van der Waals surface area contributed by atoms with Crippen LogP contribution in [-0.2, 0) is 9.53 Å². The molecule has 192 valence electrons. The third-order valence-corrected chi connectivity index (χ3v) is 8.00. The minimum Gasteiger partial charge on any atom is -0.492 e. The van der Waals surface area contributed by atoms with Crippen molar-refractivity contribution in [2.24, 2.45) is 4.99 Å². The van der Waals surface area contributed by atoms with Gasteiger partial charge < -0.3 is 18.9 Å². The van der Waals surface area contributed by atoms with E-state index in [4.69, 9.17) is 18.9 Å². The molecule has 0 saturated carbocycles. The first-order chi connectivity index (χ1) is 17.8. The molecule has 1 aromatic heterocycles. The molecule has 0 unspecified atom stereocenters. The number of aromatic nitrogens is 1. The summed E-state index contributed by atoms with van der Waals surface area (Å²) in [6, 6.07) is 8.44. The van der Waals surface area contributed by atoms with Gasteiger partial charge in [0.1, 0.15) is 5.75 Å². The van der Waals surface area contributed by atoms with Crippen LogP contribution < -0.4 is 29.1 Å². The van der Waals surface area contributed by atoms with Crippen molar-refractivity contribution in [3.63, 3.8) is 0 Å². The lowest BCUT2D eigenvalue weighted by Gasteiger charge is -2.24. The fourth-order valence-electron chi connectivity index (χ4n) is 4.29. The van der Waals surface area contributed by atoms with Crippen LogP contribution in [0.2, 0.25) is 0 Å². The number of esters is 1. The van der Waals surface area contributed by atoms with E-state index in [1.165, 1.54) is 11.3 Å². The Labute approximate surface area is 233 Å². The number of hydrogen-bond donors (Lipinski definition) is 0. The standard InChI is InChI=1S/C26H22Br2N2O6S/c1-4-33-23-16(27)8-14(9-17(23)28)10-20-24(31)30-22(15-6-7-18-19(11-15)36-12-35-18)21(25(32)34-5-2)13(3)29-26(30)37-20/h6-11,22H,4-5,12H2,1-3H3/b20-10-/t22-/m0/s1. The number of halogens is 2.